The van der Waals surface area contributed by atoms with Gasteiger partial charge in [0.1, 0.15) is 0 Å². The van der Waals surface area contributed by atoms with E-state index < -0.39 is 17.7 Å². The van der Waals surface area contributed by atoms with Crippen LogP contribution in [0.1, 0.15) is 25.5 Å². The molecule has 2 N–H and O–H groups in total. The Balaban J connectivity index is 2.60. The van der Waals surface area contributed by atoms with Crippen LogP contribution < -0.4 is 5.32 Å². The van der Waals surface area contributed by atoms with E-state index in [2.05, 4.69) is 5.32 Å². The van der Waals surface area contributed by atoms with Crippen LogP contribution in [-0.4, -0.2) is 30.9 Å². The predicted molar refractivity (Wildman–Crippen MR) is 65.3 cm³/mol. The van der Waals surface area contributed by atoms with Gasteiger partial charge in [-0.25, -0.2) is 8.78 Å². The van der Waals surface area contributed by atoms with Gasteiger partial charge in [-0.15, -0.1) is 0 Å². The Morgan fingerprint density at radius 2 is 2.00 bits per heavy atom. The number of benzene rings is 1. The molecule has 0 radical (unpaired) electrons. The van der Waals surface area contributed by atoms with E-state index in [1.807, 2.05) is 13.8 Å². The molecule has 1 aromatic rings. The number of aliphatic hydroxyl groups is 1. The highest BCUT2D eigenvalue weighted by Crippen LogP contribution is 2.16. The van der Waals surface area contributed by atoms with Crippen LogP contribution >= 0.6 is 0 Å². The topological polar surface area (TPSA) is 41.5 Å². The number of aliphatic hydroxyl groups excluding tert-OH is 1. The number of rotatable bonds is 6. The molecule has 0 saturated heterocycles. The third kappa shape index (κ3) is 4.33. The molecule has 0 heterocycles. The van der Waals surface area contributed by atoms with Crippen molar-refractivity contribution < 1.29 is 18.6 Å². The van der Waals surface area contributed by atoms with Crippen LogP contribution in [0.3, 0.4) is 0 Å². The number of methoxy groups -OCH3 is 1. The van der Waals surface area contributed by atoms with Crippen LogP contribution in [0, 0.1) is 11.6 Å². The summed E-state index contributed by atoms with van der Waals surface area (Å²) in [6.07, 6.45) is -0.892. The first-order chi connectivity index (χ1) is 8.35. The molecule has 3 nitrogen and oxygen atoms in total. The number of β-amino-alcohol motifs (C(OH)–C–C–N with tert-alkyl or cyclic N) is 1. The van der Waals surface area contributed by atoms with Crippen LogP contribution in [-0.2, 0) is 4.74 Å². The summed E-state index contributed by atoms with van der Waals surface area (Å²) >= 11 is 0. The molecular weight excluding hydrogens is 240 g/mol. The van der Waals surface area contributed by atoms with E-state index in [1.54, 1.807) is 7.11 Å². The fourth-order valence-corrected chi connectivity index (χ4v) is 1.62. The Kier molecular flexibility index (Phi) is 5.19. The zero-order valence-corrected chi connectivity index (χ0v) is 10.8. The van der Waals surface area contributed by atoms with Gasteiger partial charge in [-0.1, -0.05) is 6.07 Å². The summed E-state index contributed by atoms with van der Waals surface area (Å²) < 4.78 is 30.8. The van der Waals surface area contributed by atoms with Crippen molar-refractivity contribution in [1.82, 2.24) is 5.32 Å². The highest BCUT2D eigenvalue weighted by molar-refractivity contribution is 5.20. The molecule has 1 aromatic carbocycles. The SMILES string of the molecule is COCC(C)(C)NCC(O)c1ccc(F)c(F)c1. The number of hydrogen-bond acceptors (Lipinski definition) is 3. The lowest BCUT2D eigenvalue weighted by molar-refractivity contribution is 0.107. The maximum Gasteiger partial charge on any atom is 0.159 e. The molecule has 0 aromatic heterocycles. The van der Waals surface area contributed by atoms with Crippen LogP contribution in [0.5, 0.6) is 0 Å². The van der Waals surface area contributed by atoms with E-state index in [0.717, 1.165) is 12.1 Å². The molecule has 0 saturated carbocycles. The molecule has 0 fully saturated rings. The molecule has 0 aliphatic carbocycles. The van der Waals surface area contributed by atoms with Gasteiger partial charge in [0.05, 0.1) is 12.7 Å². The summed E-state index contributed by atoms with van der Waals surface area (Å²) in [7, 11) is 1.59. The fourth-order valence-electron chi connectivity index (χ4n) is 1.62. The van der Waals surface area contributed by atoms with Crippen molar-refractivity contribution in [3.05, 3.63) is 35.4 Å². The largest absolute Gasteiger partial charge is 0.387 e. The van der Waals surface area contributed by atoms with Gasteiger partial charge in [-0.2, -0.15) is 0 Å². The van der Waals surface area contributed by atoms with Gasteiger partial charge in [0.15, 0.2) is 11.6 Å². The first-order valence-corrected chi connectivity index (χ1v) is 5.73. The lowest BCUT2D eigenvalue weighted by Gasteiger charge is -2.27. The zero-order chi connectivity index (χ0) is 13.8. The molecule has 0 amide bonds. The average molecular weight is 259 g/mol. The first-order valence-electron chi connectivity index (χ1n) is 5.73. The number of ether oxygens (including phenoxy) is 1. The van der Waals surface area contributed by atoms with Crippen molar-refractivity contribution in [2.75, 3.05) is 20.3 Å². The smallest absolute Gasteiger partial charge is 0.159 e. The lowest BCUT2D eigenvalue weighted by Crippen LogP contribution is -2.45. The van der Waals surface area contributed by atoms with Gasteiger partial charge in [0, 0.05) is 19.2 Å². The molecule has 0 aliphatic rings. The molecule has 0 aliphatic heterocycles. The Hall–Kier alpha value is -1.04. The van der Waals surface area contributed by atoms with Crippen LogP contribution in [0.2, 0.25) is 0 Å². The van der Waals surface area contributed by atoms with Crippen molar-refractivity contribution in [2.45, 2.75) is 25.5 Å². The Labute approximate surface area is 106 Å². The lowest BCUT2D eigenvalue weighted by atomic mass is 10.0. The molecule has 0 bridgehead atoms. The molecule has 1 unspecified atom stereocenters. The molecule has 0 spiro atoms. The quantitative estimate of drug-likeness (QED) is 0.821. The highest BCUT2D eigenvalue weighted by Gasteiger charge is 2.19. The van der Waals surface area contributed by atoms with Crippen molar-refractivity contribution in [1.29, 1.82) is 0 Å². The highest BCUT2D eigenvalue weighted by atomic mass is 19.2. The second-order valence-electron chi connectivity index (χ2n) is 4.89. The van der Waals surface area contributed by atoms with Crippen molar-refractivity contribution in [3.8, 4) is 0 Å². The van der Waals surface area contributed by atoms with E-state index >= 15 is 0 Å². The number of halogens is 2. The summed E-state index contributed by atoms with van der Waals surface area (Å²) in [6.45, 7) is 4.57. The van der Waals surface area contributed by atoms with Gasteiger partial charge in [-0.05, 0) is 31.5 Å². The van der Waals surface area contributed by atoms with Crippen molar-refractivity contribution in [2.24, 2.45) is 0 Å². The van der Waals surface area contributed by atoms with E-state index in [-0.39, 0.29) is 12.1 Å². The molecule has 5 heteroatoms. The minimum absolute atomic E-state index is 0.238. The summed E-state index contributed by atoms with van der Waals surface area (Å²) in [5.74, 6) is -1.87. The molecule has 102 valence electrons. The van der Waals surface area contributed by atoms with Crippen LogP contribution in [0.15, 0.2) is 18.2 Å². The minimum Gasteiger partial charge on any atom is -0.387 e. The Morgan fingerprint density at radius 3 is 2.56 bits per heavy atom. The first kappa shape index (κ1) is 15.0. The van der Waals surface area contributed by atoms with E-state index in [4.69, 9.17) is 4.74 Å². The fraction of sp³-hybridized carbons (Fsp3) is 0.538. The standard InChI is InChI=1S/C13H19F2NO2/c1-13(2,8-18-3)16-7-12(17)9-4-5-10(14)11(15)6-9/h4-6,12,16-17H,7-8H2,1-3H3. The Morgan fingerprint density at radius 1 is 1.33 bits per heavy atom. The third-order valence-corrected chi connectivity index (χ3v) is 2.61. The number of nitrogens with one attached hydrogen (secondary N) is 1. The maximum absolute atomic E-state index is 13.0. The summed E-state index contributed by atoms with van der Waals surface area (Å²) in [4.78, 5) is 0. The normalized spacial score (nSPS) is 13.7. The van der Waals surface area contributed by atoms with Gasteiger partial charge >= 0.3 is 0 Å². The third-order valence-electron chi connectivity index (χ3n) is 2.61. The molecule has 18 heavy (non-hydrogen) atoms. The summed E-state index contributed by atoms with van der Waals surface area (Å²) in [6, 6.07) is 3.38. The average Bonchev–Trinajstić information content (AvgIpc) is 2.30. The molecule has 1 atom stereocenters. The monoisotopic (exact) mass is 259 g/mol. The van der Waals surface area contributed by atoms with E-state index in [9.17, 15) is 13.9 Å². The van der Waals surface area contributed by atoms with Crippen LogP contribution in [0.4, 0.5) is 8.78 Å². The molecular formula is C13H19F2NO2. The summed E-state index contributed by atoms with van der Waals surface area (Å²) in [5.41, 5.74) is 0.0449. The Bertz CT molecular complexity index is 397. The second-order valence-corrected chi connectivity index (χ2v) is 4.89. The van der Waals surface area contributed by atoms with E-state index in [0.29, 0.717) is 12.2 Å². The second kappa shape index (κ2) is 6.22. The minimum atomic E-state index is -0.956. The van der Waals surface area contributed by atoms with E-state index in [1.165, 1.54) is 6.07 Å². The van der Waals surface area contributed by atoms with Gasteiger partial charge in [0.25, 0.3) is 0 Å². The van der Waals surface area contributed by atoms with Gasteiger partial charge < -0.3 is 15.2 Å². The molecule has 1 rings (SSSR count). The number of hydrogen-bond donors (Lipinski definition) is 2. The summed E-state index contributed by atoms with van der Waals surface area (Å²) in [5, 5.41) is 13.0. The predicted octanol–water partition coefficient (Wildman–Crippen LogP) is 2.01. The maximum atomic E-state index is 13.0. The van der Waals surface area contributed by atoms with Crippen molar-refractivity contribution >= 4 is 0 Å². The van der Waals surface area contributed by atoms with Gasteiger partial charge in [-0.3, -0.25) is 0 Å². The van der Waals surface area contributed by atoms with Crippen LogP contribution in [0.25, 0.3) is 0 Å². The van der Waals surface area contributed by atoms with Gasteiger partial charge in [0.2, 0.25) is 0 Å². The van der Waals surface area contributed by atoms with Crippen molar-refractivity contribution in [3.63, 3.8) is 0 Å². The zero-order valence-electron chi connectivity index (χ0n) is 10.8.